The van der Waals surface area contributed by atoms with Crippen LogP contribution in [0.3, 0.4) is 0 Å². The number of guanidine groups is 1. The van der Waals surface area contributed by atoms with Crippen molar-refractivity contribution in [2.75, 3.05) is 16.8 Å². The van der Waals surface area contributed by atoms with Gasteiger partial charge in [-0.1, -0.05) is 38.1 Å². The van der Waals surface area contributed by atoms with Gasteiger partial charge in [0.1, 0.15) is 0 Å². The minimum atomic E-state index is 0. The number of nitrogens with zero attached hydrogens (tertiary/aromatic N) is 2. The van der Waals surface area contributed by atoms with Crippen LogP contribution >= 0.6 is 24.0 Å². The third-order valence-electron chi connectivity index (χ3n) is 4.83. The summed E-state index contributed by atoms with van der Waals surface area (Å²) < 4.78 is 0. The molecule has 3 N–H and O–H groups in total. The Labute approximate surface area is 184 Å². The normalized spacial score (nSPS) is 14.8. The second kappa shape index (κ2) is 10.5. The summed E-state index contributed by atoms with van der Waals surface area (Å²) in [5.74, 6) is 1.07. The molecule has 0 atom stereocenters. The van der Waals surface area contributed by atoms with Crippen LogP contribution in [-0.4, -0.2) is 18.4 Å². The van der Waals surface area contributed by atoms with E-state index in [1.54, 1.807) is 0 Å². The van der Waals surface area contributed by atoms with Gasteiger partial charge in [-0.2, -0.15) is 0 Å². The van der Waals surface area contributed by atoms with E-state index in [0.29, 0.717) is 24.8 Å². The highest BCUT2D eigenvalue weighted by atomic mass is 127. The molecule has 0 bridgehead atoms. The van der Waals surface area contributed by atoms with Gasteiger partial charge >= 0.3 is 0 Å². The standard InChI is InChI=1S/C22H28N4O.HI/c1-16(2)18-6-5-7-19(14-18)25-22(23)24-15-17-9-11-20(12-10-17)26-13-4-3-8-21(26)27;/h5-7,9-12,14,16H,3-4,8,13,15H2,1-2H3,(H3,23,24,25);1H. The lowest BCUT2D eigenvalue weighted by Gasteiger charge is -2.26. The van der Waals surface area contributed by atoms with Crippen LogP contribution in [0.25, 0.3) is 0 Å². The molecule has 0 saturated carbocycles. The molecule has 0 radical (unpaired) electrons. The zero-order valence-corrected chi connectivity index (χ0v) is 18.9. The van der Waals surface area contributed by atoms with Crippen molar-refractivity contribution in [3.8, 4) is 0 Å². The zero-order chi connectivity index (χ0) is 19.2. The van der Waals surface area contributed by atoms with Gasteiger partial charge in [0.2, 0.25) is 5.91 Å². The summed E-state index contributed by atoms with van der Waals surface area (Å²) in [5, 5.41) is 3.15. The number of piperidine rings is 1. The van der Waals surface area contributed by atoms with Gasteiger partial charge in [-0.15, -0.1) is 24.0 Å². The number of nitrogens with one attached hydrogen (secondary N) is 1. The number of hydrogen-bond donors (Lipinski definition) is 2. The van der Waals surface area contributed by atoms with Crippen LogP contribution in [0.2, 0.25) is 0 Å². The van der Waals surface area contributed by atoms with Crippen molar-refractivity contribution in [3.63, 3.8) is 0 Å². The molecule has 3 rings (SSSR count). The van der Waals surface area contributed by atoms with E-state index >= 15 is 0 Å². The highest BCUT2D eigenvalue weighted by Gasteiger charge is 2.19. The fourth-order valence-electron chi connectivity index (χ4n) is 3.20. The van der Waals surface area contributed by atoms with Crippen molar-refractivity contribution in [2.24, 2.45) is 10.7 Å². The molecule has 1 aliphatic heterocycles. The Kier molecular flexibility index (Phi) is 8.29. The van der Waals surface area contributed by atoms with Gasteiger partial charge in [0, 0.05) is 24.3 Å². The third kappa shape index (κ3) is 5.95. The molecule has 1 saturated heterocycles. The van der Waals surface area contributed by atoms with Crippen LogP contribution in [-0.2, 0) is 11.3 Å². The topological polar surface area (TPSA) is 70.7 Å². The second-order valence-electron chi connectivity index (χ2n) is 7.28. The van der Waals surface area contributed by atoms with Crippen molar-refractivity contribution in [2.45, 2.75) is 45.6 Å². The van der Waals surface area contributed by atoms with E-state index in [1.165, 1.54) is 5.56 Å². The molecule has 2 aromatic rings. The molecular weight excluding hydrogens is 463 g/mol. The van der Waals surface area contributed by atoms with Crippen molar-refractivity contribution in [1.29, 1.82) is 0 Å². The van der Waals surface area contributed by atoms with Crippen molar-refractivity contribution in [3.05, 3.63) is 59.7 Å². The predicted octanol–water partition coefficient (Wildman–Crippen LogP) is 4.87. The largest absolute Gasteiger partial charge is 0.370 e. The Bertz CT molecular complexity index is 818. The first-order valence-electron chi connectivity index (χ1n) is 9.59. The molecule has 150 valence electrons. The number of nitrogens with two attached hydrogens (primary N) is 1. The first-order chi connectivity index (χ1) is 13.0. The quantitative estimate of drug-likeness (QED) is 0.356. The van der Waals surface area contributed by atoms with E-state index in [2.05, 4.69) is 36.3 Å². The Hall–Kier alpha value is -2.09. The number of carbonyl (C=O) groups is 1. The molecule has 1 amide bonds. The van der Waals surface area contributed by atoms with E-state index in [9.17, 15) is 4.79 Å². The highest BCUT2D eigenvalue weighted by molar-refractivity contribution is 14.0. The summed E-state index contributed by atoms with van der Waals surface area (Å²) in [6.45, 7) is 5.63. The average molecular weight is 492 g/mol. The van der Waals surface area contributed by atoms with Gasteiger partial charge in [0.05, 0.1) is 6.54 Å². The van der Waals surface area contributed by atoms with Crippen molar-refractivity contribution < 1.29 is 4.79 Å². The summed E-state index contributed by atoms with van der Waals surface area (Å²) in [6, 6.07) is 16.2. The number of amides is 1. The van der Waals surface area contributed by atoms with Crippen LogP contribution in [0, 0.1) is 0 Å². The number of hydrogen-bond acceptors (Lipinski definition) is 2. The molecule has 1 fully saturated rings. The molecule has 2 aromatic carbocycles. The summed E-state index contributed by atoms with van der Waals surface area (Å²) in [5.41, 5.74) is 10.3. The smallest absolute Gasteiger partial charge is 0.226 e. The predicted molar refractivity (Wildman–Crippen MR) is 128 cm³/mol. The van der Waals surface area contributed by atoms with Crippen LogP contribution in [0.1, 0.15) is 50.2 Å². The van der Waals surface area contributed by atoms with E-state index in [0.717, 1.165) is 36.3 Å². The molecule has 5 nitrogen and oxygen atoms in total. The molecule has 0 aromatic heterocycles. The number of anilines is 2. The highest BCUT2D eigenvalue weighted by Crippen LogP contribution is 2.22. The van der Waals surface area contributed by atoms with Gasteiger partial charge in [0.25, 0.3) is 0 Å². The first-order valence-corrected chi connectivity index (χ1v) is 9.59. The number of halogens is 1. The summed E-state index contributed by atoms with van der Waals surface area (Å²) in [4.78, 5) is 18.3. The number of carbonyl (C=O) groups excluding carboxylic acids is 1. The minimum Gasteiger partial charge on any atom is -0.370 e. The van der Waals surface area contributed by atoms with E-state index in [4.69, 9.17) is 5.73 Å². The maximum absolute atomic E-state index is 12.0. The Morgan fingerprint density at radius 1 is 1.18 bits per heavy atom. The fraction of sp³-hybridized carbons (Fsp3) is 0.364. The van der Waals surface area contributed by atoms with Gasteiger partial charge in [-0.3, -0.25) is 4.79 Å². The molecule has 1 aliphatic rings. The number of aliphatic imine (C=N–C) groups is 1. The van der Waals surface area contributed by atoms with E-state index < -0.39 is 0 Å². The first kappa shape index (κ1) is 22.2. The molecule has 0 spiro atoms. The van der Waals surface area contributed by atoms with Crippen LogP contribution in [0.5, 0.6) is 0 Å². The summed E-state index contributed by atoms with van der Waals surface area (Å²) in [6.07, 6.45) is 2.71. The number of rotatable bonds is 5. The Balaban J connectivity index is 0.00000280. The lowest BCUT2D eigenvalue weighted by atomic mass is 10.0. The molecule has 0 aliphatic carbocycles. The monoisotopic (exact) mass is 492 g/mol. The van der Waals surface area contributed by atoms with Gasteiger partial charge in [0.15, 0.2) is 5.96 Å². The second-order valence-corrected chi connectivity index (χ2v) is 7.28. The fourth-order valence-corrected chi connectivity index (χ4v) is 3.20. The third-order valence-corrected chi connectivity index (χ3v) is 4.83. The maximum Gasteiger partial charge on any atom is 0.226 e. The molecular formula is C22H29IN4O. The molecule has 1 heterocycles. The molecule has 28 heavy (non-hydrogen) atoms. The lowest BCUT2D eigenvalue weighted by Crippen LogP contribution is -2.35. The van der Waals surface area contributed by atoms with Gasteiger partial charge in [-0.25, -0.2) is 4.99 Å². The maximum atomic E-state index is 12.0. The number of benzene rings is 2. The van der Waals surface area contributed by atoms with E-state index in [1.807, 2.05) is 41.3 Å². The lowest BCUT2D eigenvalue weighted by molar-refractivity contribution is -0.119. The van der Waals surface area contributed by atoms with Crippen molar-refractivity contribution in [1.82, 2.24) is 0 Å². The molecule has 0 unspecified atom stereocenters. The summed E-state index contributed by atoms with van der Waals surface area (Å²) >= 11 is 0. The molecule has 6 heteroatoms. The SMILES string of the molecule is CC(C)c1cccc(NC(N)=NCc2ccc(N3CCCCC3=O)cc2)c1.I. The van der Waals surface area contributed by atoms with Crippen LogP contribution < -0.4 is 16.0 Å². The zero-order valence-electron chi connectivity index (χ0n) is 16.5. The van der Waals surface area contributed by atoms with E-state index in [-0.39, 0.29) is 29.9 Å². The van der Waals surface area contributed by atoms with Crippen LogP contribution in [0.15, 0.2) is 53.5 Å². The minimum absolute atomic E-state index is 0. The Morgan fingerprint density at radius 2 is 1.93 bits per heavy atom. The Morgan fingerprint density at radius 3 is 2.61 bits per heavy atom. The van der Waals surface area contributed by atoms with Crippen LogP contribution in [0.4, 0.5) is 11.4 Å². The van der Waals surface area contributed by atoms with Gasteiger partial charge in [-0.05, 0) is 54.2 Å². The summed E-state index contributed by atoms with van der Waals surface area (Å²) in [7, 11) is 0. The average Bonchev–Trinajstić information content (AvgIpc) is 2.67. The van der Waals surface area contributed by atoms with Crippen molar-refractivity contribution >= 4 is 47.2 Å². The van der Waals surface area contributed by atoms with Gasteiger partial charge < -0.3 is 16.0 Å².